The van der Waals surface area contributed by atoms with Crippen molar-refractivity contribution in [3.05, 3.63) is 91.6 Å². The Kier molecular flexibility index (Phi) is 4.33. The van der Waals surface area contributed by atoms with Gasteiger partial charge in [0.05, 0.1) is 45.5 Å². The summed E-state index contributed by atoms with van der Waals surface area (Å²) in [4.78, 5) is 11.5. The minimum Gasteiger partial charge on any atom is -0.345 e. The second-order valence-corrected chi connectivity index (χ2v) is 8.34. The summed E-state index contributed by atoms with van der Waals surface area (Å²) in [5.74, 6) is 0. The van der Waals surface area contributed by atoms with Gasteiger partial charge in [0, 0.05) is 5.56 Å². The van der Waals surface area contributed by atoms with Crippen molar-refractivity contribution in [2.45, 2.75) is 4.90 Å². The number of aromatic nitrogens is 4. The second kappa shape index (κ2) is 7.16. The number of hydrogen-bond donors (Lipinski definition) is 2. The molecule has 0 saturated heterocycles. The van der Waals surface area contributed by atoms with Crippen LogP contribution in [0.4, 0.5) is 5.69 Å². The first-order chi connectivity index (χ1) is 14.6. The lowest BCUT2D eigenvalue weighted by Gasteiger charge is -2.15. The fourth-order valence-corrected chi connectivity index (χ4v) is 4.74. The van der Waals surface area contributed by atoms with Gasteiger partial charge in [0.2, 0.25) is 0 Å². The molecule has 2 aromatic heterocycles. The van der Waals surface area contributed by atoms with Crippen molar-refractivity contribution >= 4 is 26.7 Å². The van der Waals surface area contributed by atoms with Crippen LogP contribution in [0.5, 0.6) is 0 Å². The van der Waals surface area contributed by atoms with E-state index in [0.29, 0.717) is 22.6 Å². The number of nitrogens with one attached hydrogen (secondary N) is 2. The van der Waals surface area contributed by atoms with Crippen molar-refractivity contribution in [2.24, 2.45) is 0 Å². The Morgan fingerprint density at radius 1 is 0.900 bits per heavy atom. The molecule has 2 N–H and O–H groups in total. The van der Waals surface area contributed by atoms with E-state index in [1.807, 2.05) is 41.0 Å². The van der Waals surface area contributed by atoms with Crippen molar-refractivity contribution < 1.29 is 8.42 Å². The standard InChI is InChI=1S/C22H17N5O2S/c28-30(29,22-12-6-1-7-16(22)19-13-23-14-24-19)26-18-9-3-5-11-21(18)27-15-25-17-8-2-4-10-20(17)27/h1-15,26H,(H,23,24). The average Bonchev–Trinajstić information content (AvgIpc) is 3.44. The molecule has 0 aliphatic rings. The molecule has 148 valence electrons. The minimum absolute atomic E-state index is 0.166. The van der Waals surface area contributed by atoms with Crippen molar-refractivity contribution in [2.75, 3.05) is 4.72 Å². The Labute approximate surface area is 173 Å². The van der Waals surface area contributed by atoms with Crippen molar-refractivity contribution in [1.82, 2.24) is 19.5 Å². The number of anilines is 1. The van der Waals surface area contributed by atoms with Crippen LogP contribution < -0.4 is 4.72 Å². The molecular weight excluding hydrogens is 398 g/mol. The highest BCUT2D eigenvalue weighted by atomic mass is 32.2. The number of rotatable bonds is 5. The fraction of sp³-hybridized carbons (Fsp3) is 0. The van der Waals surface area contributed by atoms with E-state index < -0.39 is 10.0 Å². The third-order valence-electron chi connectivity index (χ3n) is 4.83. The number of sulfonamides is 1. The molecule has 30 heavy (non-hydrogen) atoms. The van der Waals surface area contributed by atoms with Gasteiger partial charge in [-0.05, 0) is 30.3 Å². The van der Waals surface area contributed by atoms with Crippen molar-refractivity contribution in [3.63, 3.8) is 0 Å². The van der Waals surface area contributed by atoms with Gasteiger partial charge in [-0.3, -0.25) is 9.29 Å². The highest BCUT2D eigenvalue weighted by Crippen LogP contribution is 2.30. The summed E-state index contributed by atoms with van der Waals surface area (Å²) < 4.78 is 31.3. The zero-order valence-corrected chi connectivity index (χ0v) is 16.5. The number of fused-ring (bicyclic) bond motifs is 1. The first-order valence-corrected chi connectivity index (χ1v) is 10.7. The van der Waals surface area contributed by atoms with Crippen LogP contribution in [0.3, 0.4) is 0 Å². The summed E-state index contributed by atoms with van der Waals surface area (Å²) in [6, 6.07) is 21.8. The topological polar surface area (TPSA) is 92.7 Å². The van der Waals surface area contributed by atoms with Gasteiger partial charge in [-0.15, -0.1) is 0 Å². The molecule has 0 unspecified atom stereocenters. The molecule has 0 fully saturated rings. The van der Waals surface area contributed by atoms with Gasteiger partial charge in [-0.25, -0.2) is 18.4 Å². The van der Waals surface area contributed by atoms with Crippen LogP contribution >= 0.6 is 0 Å². The van der Waals surface area contributed by atoms with Crippen LogP contribution in [0.15, 0.2) is 96.5 Å². The SMILES string of the molecule is O=S(=O)(Nc1ccccc1-n1cnc2ccccc21)c1ccccc1-c1cnc[nH]1. The van der Waals surface area contributed by atoms with E-state index in [1.165, 1.54) is 6.33 Å². The molecule has 0 saturated carbocycles. The van der Waals surface area contributed by atoms with Crippen molar-refractivity contribution in [3.8, 4) is 16.9 Å². The third-order valence-corrected chi connectivity index (χ3v) is 6.25. The van der Waals surface area contributed by atoms with E-state index in [0.717, 1.165) is 11.0 Å². The van der Waals surface area contributed by atoms with Crippen LogP contribution in [0.2, 0.25) is 0 Å². The largest absolute Gasteiger partial charge is 0.345 e. The predicted octanol–water partition coefficient (Wildman–Crippen LogP) is 4.22. The van der Waals surface area contributed by atoms with Crippen molar-refractivity contribution in [1.29, 1.82) is 0 Å². The molecule has 3 aromatic carbocycles. The molecular formula is C22H17N5O2S. The first kappa shape index (κ1) is 18.1. The molecule has 5 rings (SSSR count). The van der Waals surface area contributed by atoms with Crippen LogP contribution in [0, 0.1) is 0 Å². The smallest absolute Gasteiger partial charge is 0.262 e. The molecule has 0 spiro atoms. The Morgan fingerprint density at radius 3 is 2.53 bits per heavy atom. The summed E-state index contributed by atoms with van der Waals surface area (Å²) in [6.45, 7) is 0. The van der Waals surface area contributed by atoms with Gasteiger partial charge in [0.25, 0.3) is 10.0 Å². The third kappa shape index (κ3) is 3.13. The molecule has 0 aliphatic heterocycles. The van der Waals surface area contributed by atoms with Crippen LogP contribution in [0.1, 0.15) is 0 Å². The van der Waals surface area contributed by atoms with E-state index >= 15 is 0 Å². The molecule has 0 aliphatic carbocycles. The van der Waals surface area contributed by atoms with Gasteiger partial charge in [-0.2, -0.15) is 0 Å². The Morgan fingerprint density at radius 2 is 1.67 bits per heavy atom. The maximum atomic E-state index is 13.3. The number of nitrogens with zero attached hydrogens (tertiary/aromatic N) is 3. The number of benzene rings is 3. The van der Waals surface area contributed by atoms with E-state index in [4.69, 9.17) is 0 Å². The molecule has 2 heterocycles. The quantitative estimate of drug-likeness (QED) is 0.450. The average molecular weight is 415 g/mol. The highest BCUT2D eigenvalue weighted by Gasteiger charge is 2.21. The van der Waals surface area contributed by atoms with Gasteiger partial charge >= 0.3 is 0 Å². The van der Waals surface area contributed by atoms with E-state index in [9.17, 15) is 8.42 Å². The van der Waals surface area contributed by atoms with Gasteiger partial charge < -0.3 is 4.98 Å². The summed E-state index contributed by atoms with van der Waals surface area (Å²) >= 11 is 0. The zero-order valence-electron chi connectivity index (χ0n) is 15.7. The summed E-state index contributed by atoms with van der Waals surface area (Å²) in [5.41, 5.74) is 4.05. The monoisotopic (exact) mass is 415 g/mol. The van der Waals surface area contributed by atoms with Gasteiger partial charge in [0.1, 0.15) is 6.33 Å². The minimum atomic E-state index is -3.87. The molecule has 0 atom stereocenters. The maximum Gasteiger partial charge on any atom is 0.262 e. The lowest BCUT2D eigenvalue weighted by Crippen LogP contribution is -2.15. The molecule has 0 bridgehead atoms. The molecule has 5 aromatic rings. The highest BCUT2D eigenvalue weighted by molar-refractivity contribution is 7.92. The number of H-pyrrole nitrogens is 1. The van der Waals surface area contributed by atoms with E-state index in [-0.39, 0.29) is 4.90 Å². The molecule has 0 amide bonds. The Bertz CT molecular complexity index is 1440. The lowest BCUT2D eigenvalue weighted by atomic mass is 10.2. The number of hydrogen-bond acceptors (Lipinski definition) is 4. The maximum absolute atomic E-state index is 13.3. The van der Waals surface area contributed by atoms with Crippen LogP contribution in [-0.2, 0) is 10.0 Å². The fourth-order valence-electron chi connectivity index (χ4n) is 3.45. The first-order valence-electron chi connectivity index (χ1n) is 9.25. The second-order valence-electron chi connectivity index (χ2n) is 6.69. The number of aromatic amines is 1. The zero-order chi connectivity index (χ0) is 20.6. The summed E-state index contributed by atoms with van der Waals surface area (Å²) in [6.07, 6.45) is 4.81. The predicted molar refractivity (Wildman–Crippen MR) is 116 cm³/mol. The van der Waals surface area contributed by atoms with Crippen LogP contribution in [-0.4, -0.2) is 27.9 Å². The Hall–Kier alpha value is -3.91. The molecule has 7 nitrogen and oxygen atoms in total. The van der Waals surface area contributed by atoms with Crippen LogP contribution in [0.25, 0.3) is 28.0 Å². The van der Waals surface area contributed by atoms with E-state index in [2.05, 4.69) is 19.7 Å². The molecule has 0 radical (unpaired) electrons. The van der Waals surface area contributed by atoms with E-state index in [1.54, 1.807) is 48.9 Å². The lowest BCUT2D eigenvalue weighted by molar-refractivity contribution is 0.601. The summed E-state index contributed by atoms with van der Waals surface area (Å²) in [5, 5.41) is 0. The summed E-state index contributed by atoms with van der Waals surface area (Å²) in [7, 11) is -3.87. The molecule has 8 heteroatoms. The number of para-hydroxylation sites is 4. The number of imidazole rings is 2. The van der Waals surface area contributed by atoms with Gasteiger partial charge in [0.15, 0.2) is 0 Å². The normalized spacial score (nSPS) is 11.6. The Balaban J connectivity index is 1.60. The van der Waals surface area contributed by atoms with Gasteiger partial charge in [-0.1, -0.05) is 42.5 Å².